The molecule has 2 aromatic carbocycles. The predicted molar refractivity (Wildman–Crippen MR) is 77.7 cm³/mol. The number of rotatable bonds is 2. The molecule has 0 unspecified atom stereocenters. The Hall–Kier alpha value is -1.88. The molecule has 0 saturated carbocycles. The number of anilines is 2. The highest BCUT2D eigenvalue weighted by atomic mass is 79.9. The minimum Gasteiger partial charge on any atom is -0.399 e. The lowest BCUT2D eigenvalue weighted by atomic mass is 10.2. The lowest BCUT2D eigenvalue weighted by molar-refractivity contribution is 0.0992. The minimum absolute atomic E-state index is 0.238. The quantitative estimate of drug-likeness (QED) is 0.861. The molecule has 0 aliphatic heterocycles. The molecule has 0 aromatic heterocycles. The average Bonchev–Trinajstić information content (AvgIpc) is 2.37. The van der Waals surface area contributed by atoms with Gasteiger partial charge in [0.2, 0.25) is 0 Å². The summed E-state index contributed by atoms with van der Waals surface area (Å²) in [5.74, 6) is -0.632. The summed E-state index contributed by atoms with van der Waals surface area (Å²) < 4.78 is 13.4. The van der Waals surface area contributed by atoms with E-state index in [1.807, 2.05) is 0 Å². The first-order chi connectivity index (χ1) is 8.99. The van der Waals surface area contributed by atoms with Crippen LogP contribution in [-0.4, -0.2) is 13.0 Å². The molecule has 0 saturated heterocycles. The van der Waals surface area contributed by atoms with Crippen LogP contribution < -0.4 is 10.6 Å². The lowest BCUT2D eigenvalue weighted by Gasteiger charge is -2.18. The van der Waals surface area contributed by atoms with E-state index in [2.05, 4.69) is 15.9 Å². The molecular formula is C14H12BrFN2O. The SMILES string of the molecule is CN(C(=O)c1ccc(F)cc1Br)c1cccc(N)c1. The summed E-state index contributed by atoms with van der Waals surface area (Å²) in [7, 11) is 1.65. The number of halogens is 2. The van der Waals surface area contributed by atoms with Gasteiger partial charge in [-0.05, 0) is 52.3 Å². The Morgan fingerprint density at radius 1 is 1.26 bits per heavy atom. The minimum atomic E-state index is -0.393. The summed E-state index contributed by atoms with van der Waals surface area (Å²) in [4.78, 5) is 13.8. The number of benzene rings is 2. The first-order valence-electron chi connectivity index (χ1n) is 5.57. The molecule has 0 aliphatic rings. The molecule has 0 heterocycles. The molecule has 0 atom stereocenters. The van der Waals surface area contributed by atoms with Crippen LogP contribution >= 0.6 is 15.9 Å². The van der Waals surface area contributed by atoms with Gasteiger partial charge >= 0.3 is 0 Å². The number of amides is 1. The number of hydrogen-bond donors (Lipinski definition) is 1. The number of nitrogens with zero attached hydrogens (tertiary/aromatic N) is 1. The lowest BCUT2D eigenvalue weighted by Crippen LogP contribution is -2.26. The zero-order valence-corrected chi connectivity index (χ0v) is 11.8. The summed E-state index contributed by atoms with van der Waals surface area (Å²) in [6.45, 7) is 0. The van der Waals surface area contributed by atoms with Crippen LogP contribution in [0.25, 0.3) is 0 Å². The Kier molecular flexibility index (Phi) is 3.85. The summed E-state index contributed by atoms with van der Waals surface area (Å²) in [5, 5.41) is 0. The fraction of sp³-hybridized carbons (Fsp3) is 0.0714. The highest BCUT2D eigenvalue weighted by Crippen LogP contribution is 2.23. The molecule has 1 amide bonds. The van der Waals surface area contributed by atoms with Crippen molar-refractivity contribution in [2.75, 3.05) is 17.7 Å². The van der Waals surface area contributed by atoms with Gasteiger partial charge in [0.25, 0.3) is 5.91 Å². The highest BCUT2D eigenvalue weighted by Gasteiger charge is 2.16. The van der Waals surface area contributed by atoms with Crippen LogP contribution in [0.15, 0.2) is 46.9 Å². The van der Waals surface area contributed by atoms with Crippen molar-refractivity contribution in [3.8, 4) is 0 Å². The average molecular weight is 323 g/mol. The monoisotopic (exact) mass is 322 g/mol. The molecule has 0 radical (unpaired) electrons. The third-order valence-electron chi connectivity index (χ3n) is 2.72. The van der Waals surface area contributed by atoms with Crippen molar-refractivity contribution in [3.63, 3.8) is 0 Å². The number of nitrogens with two attached hydrogens (primary N) is 1. The molecule has 98 valence electrons. The van der Waals surface area contributed by atoms with Crippen LogP contribution in [0.2, 0.25) is 0 Å². The van der Waals surface area contributed by atoms with Gasteiger partial charge in [-0.25, -0.2) is 4.39 Å². The van der Waals surface area contributed by atoms with Gasteiger partial charge in [-0.3, -0.25) is 4.79 Å². The van der Waals surface area contributed by atoms with Crippen LogP contribution in [0.3, 0.4) is 0 Å². The Balaban J connectivity index is 2.33. The number of carbonyl (C=O) groups is 1. The van der Waals surface area contributed by atoms with E-state index in [1.165, 1.54) is 23.1 Å². The highest BCUT2D eigenvalue weighted by molar-refractivity contribution is 9.10. The van der Waals surface area contributed by atoms with Crippen molar-refractivity contribution in [1.29, 1.82) is 0 Å². The second kappa shape index (κ2) is 5.40. The van der Waals surface area contributed by atoms with Gasteiger partial charge in [0.15, 0.2) is 0 Å². The van der Waals surface area contributed by atoms with Gasteiger partial charge in [0.1, 0.15) is 5.82 Å². The molecule has 2 N–H and O–H groups in total. The van der Waals surface area contributed by atoms with Crippen LogP contribution in [0.1, 0.15) is 10.4 Å². The topological polar surface area (TPSA) is 46.3 Å². The normalized spacial score (nSPS) is 10.3. The van der Waals surface area contributed by atoms with E-state index in [1.54, 1.807) is 31.3 Å². The van der Waals surface area contributed by atoms with Gasteiger partial charge in [-0.1, -0.05) is 6.07 Å². The third-order valence-corrected chi connectivity index (χ3v) is 3.38. The van der Waals surface area contributed by atoms with E-state index in [9.17, 15) is 9.18 Å². The Labute approximate surface area is 119 Å². The van der Waals surface area contributed by atoms with Crippen molar-refractivity contribution >= 4 is 33.2 Å². The summed E-state index contributed by atoms with van der Waals surface area (Å²) >= 11 is 3.19. The Morgan fingerprint density at radius 3 is 2.63 bits per heavy atom. The molecule has 5 heteroatoms. The summed E-state index contributed by atoms with van der Waals surface area (Å²) in [6, 6.07) is 11.0. The molecule has 3 nitrogen and oxygen atoms in total. The maximum atomic E-state index is 13.0. The van der Waals surface area contributed by atoms with E-state index in [0.29, 0.717) is 21.4 Å². The Bertz CT molecular complexity index is 631. The first kappa shape index (κ1) is 13.5. The Morgan fingerprint density at radius 2 is 2.00 bits per heavy atom. The van der Waals surface area contributed by atoms with Gasteiger partial charge in [-0.15, -0.1) is 0 Å². The van der Waals surface area contributed by atoms with E-state index in [-0.39, 0.29) is 5.91 Å². The van der Waals surface area contributed by atoms with Crippen molar-refractivity contribution in [2.24, 2.45) is 0 Å². The molecule has 0 aliphatic carbocycles. The zero-order valence-electron chi connectivity index (χ0n) is 10.2. The van der Waals surface area contributed by atoms with E-state index >= 15 is 0 Å². The van der Waals surface area contributed by atoms with Crippen LogP contribution in [-0.2, 0) is 0 Å². The maximum Gasteiger partial charge on any atom is 0.259 e. The third kappa shape index (κ3) is 2.93. The molecule has 0 fully saturated rings. The second-order valence-electron chi connectivity index (χ2n) is 4.08. The van der Waals surface area contributed by atoms with Crippen molar-refractivity contribution in [3.05, 3.63) is 58.3 Å². The molecule has 2 aromatic rings. The zero-order chi connectivity index (χ0) is 14.0. The van der Waals surface area contributed by atoms with Crippen molar-refractivity contribution in [1.82, 2.24) is 0 Å². The van der Waals surface area contributed by atoms with E-state index < -0.39 is 5.82 Å². The molecule has 2 rings (SSSR count). The van der Waals surface area contributed by atoms with Crippen LogP contribution in [0.5, 0.6) is 0 Å². The van der Waals surface area contributed by atoms with Gasteiger partial charge in [0.05, 0.1) is 5.56 Å². The van der Waals surface area contributed by atoms with E-state index in [0.717, 1.165) is 0 Å². The summed E-state index contributed by atoms with van der Waals surface area (Å²) in [6.07, 6.45) is 0. The van der Waals surface area contributed by atoms with E-state index in [4.69, 9.17) is 5.73 Å². The van der Waals surface area contributed by atoms with Crippen LogP contribution in [0, 0.1) is 5.82 Å². The van der Waals surface area contributed by atoms with Crippen LogP contribution in [0.4, 0.5) is 15.8 Å². The van der Waals surface area contributed by atoms with Crippen molar-refractivity contribution < 1.29 is 9.18 Å². The smallest absolute Gasteiger partial charge is 0.259 e. The largest absolute Gasteiger partial charge is 0.399 e. The van der Waals surface area contributed by atoms with Gasteiger partial charge in [-0.2, -0.15) is 0 Å². The van der Waals surface area contributed by atoms with Gasteiger partial charge in [0, 0.05) is 22.9 Å². The standard InChI is InChI=1S/C14H12BrFN2O/c1-18(11-4-2-3-10(17)8-11)14(19)12-6-5-9(16)7-13(12)15/h2-8H,17H2,1H3. The predicted octanol–water partition coefficient (Wildman–Crippen LogP) is 3.45. The number of carbonyl (C=O) groups excluding carboxylic acids is 1. The molecule has 0 bridgehead atoms. The number of nitrogen functional groups attached to an aromatic ring is 1. The first-order valence-corrected chi connectivity index (χ1v) is 6.37. The summed E-state index contributed by atoms with van der Waals surface area (Å²) in [5.41, 5.74) is 7.34. The number of hydrogen-bond acceptors (Lipinski definition) is 2. The van der Waals surface area contributed by atoms with Crippen molar-refractivity contribution in [2.45, 2.75) is 0 Å². The second-order valence-corrected chi connectivity index (χ2v) is 4.94. The maximum absolute atomic E-state index is 13.0. The molecular weight excluding hydrogens is 311 g/mol. The fourth-order valence-corrected chi connectivity index (χ4v) is 2.21. The molecule has 0 spiro atoms. The fourth-order valence-electron chi connectivity index (χ4n) is 1.69. The van der Waals surface area contributed by atoms with Gasteiger partial charge < -0.3 is 10.6 Å². The molecule has 19 heavy (non-hydrogen) atoms.